The number of hydrogen-bond acceptors (Lipinski definition) is 4. The van der Waals surface area contributed by atoms with Crippen molar-refractivity contribution in [3.8, 4) is 5.75 Å². The van der Waals surface area contributed by atoms with E-state index in [1.807, 2.05) is 19.2 Å². The van der Waals surface area contributed by atoms with Gasteiger partial charge in [0, 0.05) is 30.6 Å². The van der Waals surface area contributed by atoms with E-state index in [1.165, 1.54) is 4.88 Å². The highest BCUT2D eigenvalue weighted by atomic mass is 32.1. The summed E-state index contributed by atoms with van der Waals surface area (Å²) in [6.07, 6.45) is 1.30. The summed E-state index contributed by atoms with van der Waals surface area (Å²) >= 11 is 1.74. The highest BCUT2D eigenvalue weighted by molar-refractivity contribution is 7.11. The molecule has 0 saturated carbocycles. The monoisotopic (exact) mass is 396 g/mol. The molecule has 0 aliphatic carbocycles. The summed E-state index contributed by atoms with van der Waals surface area (Å²) in [5, 5.41) is 7.61. The molecule has 0 spiro atoms. The van der Waals surface area contributed by atoms with Crippen LogP contribution in [0.5, 0.6) is 5.75 Å². The van der Waals surface area contributed by atoms with Gasteiger partial charge in [0.2, 0.25) is 0 Å². The smallest absolute Gasteiger partial charge is 0.272 e. The average molecular weight is 397 g/mol. The van der Waals surface area contributed by atoms with Crippen molar-refractivity contribution in [2.75, 3.05) is 19.7 Å². The fraction of sp³-hybridized carbons (Fsp3) is 0.474. The summed E-state index contributed by atoms with van der Waals surface area (Å²) in [7, 11) is 0. The molecule has 0 aliphatic heterocycles. The largest absolute Gasteiger partial charge is 0.488 e. The number of ether oxygens (including phenoxy) is 1. The van der Waals surface area contributed by atoms with Crippen LogP contribution in [-0.4, -0.2) is 37.1 Å². The van der Waals surface area contributed by atoms with Gasteiger partial charge in [0.15, 0.2) is 5.96 Å². The third-order valence-electron chi connectivity index (χ3n) is 3.62. The Morgan fingerprint density at radius 3 is 2.85 bits per heavy atom. The Balaban J connectivity index is 1.87. The third-order valence-corrected chi connectivity index (χ3v) is 4.82. The Hall–Kier alpha value is -2.22. The molecule has 2 aromatic rings. The number of benzene rings is 1. The van der Waals surface area contributed by atoms with Crippen LogP contribution in [0.4, 0.5) is 8.78 Å². The Bertz CT molecular complexity index is 721. The van der Waals surface area contributed by atoms with Crippen LogP contribution in [0.2, 0.25) is 0 Å². The lowest BCUT2D eigenvalue weighted by atomic mass is 10.2. The van der Waals surface area contributed by atoms with Gasteiger partial charge in [-0.25, -0.2) is 18.8 Å². The summed E-state index contributed by atoms with van der Waals surface area (Å²) < 4.78 is 29.6. The molecule has 1 heterocycles. The first-order valence-electron chi connectivity index (χ1n) is 9.06. The molecule has 0 radical (unpaired) electrons. The zero-order chi connectivity index (χ0) is 19.5. The van der Waals surface area contributed by atoms with Crippen molar-refractivity contribution in [1.29, 1.82) is 0 Å². The number of thiazole rings is 1. The molecule has 0 bridgehead atoms. The summed E-state index contributed by atoms with van der Waals surface area (Å²) in [4.78, 5) is 10.3. The van der Waals surface area contributed by atoms with E-state index in [1.54, 1.807) is 29.5 Å². The number of guanidine groups is 1. The van der Waals surface area contributed by atoms with Gasteiger partial charge >= 0.3 is 0 Å². The predicted molar refractivity (Wildman–Crippen MR) is 106 cm³/mol. The zero-order valence-electron chi connectivity index (χ0n) is 15.7. The van der Waals surface area contributed by atoms with Gasteiger partial charge in [0.05, 0.1) is 11.6 Å². The maximum absolute atomic E-state index is 12.3. The van der Waals surface area contributed by atoms with E-state index in [0.29, 0.717) is 18.3 Å². The van der Waals surface area contributed by atoms with Gasteiger partial charge in [0.25, 0.3) is 6.43 Å². The molecular weight excluding hydrogens is 370 g/mol. The minimum Gasteiger partial charge on any atom is -0.488 e. The van der Waals surface area contributed by atoms with E-state index in [9.17, 15) is 8.78 Å². The Kier molecular flexibility index (Phi) is 8.97. The average Bonchev–Trinajstić information content (AvgIpc) is 3.13. The molecule has 0 fully saturated rings. The van der Waals surface area contributed by atoms with E-state index < -0.39 is 13.0 Å². The lowest BCUT2D eigenvalue weighted by Gasteiger charge is -2.11. The molecule has 0 unspecified atom stereocenters. The molecule has 0 atom stereocenters. The van der Waals surface area contributed by atoms with Gasteiger partial charge in [-0.05, 0) is 31.0 Å². The van der Waals surface area contributed by atoms with Crippen molar-refractivity contribution in [1.82, 2.24) is 15.6 Å². The van der Waals surface area contributed by atoms with Crippen LogP contribution < -0.4 is 15.4 Å². The molecular formula is C19H26F2N4OS. The Morgan fingerprint density at radius 2 is 2.15 bits per heavy atom. The highest BCUT2D eigenvalue weighted by Gasteiger charge is 2.05. The van der Waals surface area contributed by atoms with Crippen molar-refractivity contribution >= 4 is 17.3 Å². The lowest BCUT2D eigenvalue weighted by Crippen LogP contribution is -2.38. The van der Waals surface area contributed by atoms with E-state index in [2.05, 4.69) is 27.5 Å². The fourth-order valence-corrected chi connectivity index (χ4v) is 3.18. The third kappa shape index (κ3) is 7.90. The maximum atomic E-state index is 12.3. The molecule has 5 nitrogen and oxygen atoms in total. The molecule has 27 heavy (non-hydrogen) atoms. The van der Waals surface area contributed by atoms with Crippen LogP contribution in [0.3, 0.4) is 0 Å². The normalized spacial score (nSPS) is 11.7. The molecule has 0 amide bonds. The topological polar surface area (TPSA) is 58.5 Å². The quantitative estimate of drug-likeness (QED) is 0.475. The zero-order valence-corrected chi connectivity index (χ0v) is 16.5. The van der Waals surface area contributed by atoms with E-state index in [4.69, 9.17) is 4.74 Å². The van der Waals surface area contributed by atoms with Gasteiger partial charge in [0.1, 0.15) is 12.4 Å². The number of rotatable bonds is 10. The summed E-state index contributed by atoms with van der Waals surface area (Å²) in [5.41, 5.74) is 0.895. The van der Waals surface area contributed by atoms with Crippen LogP contribution in [0.1, 0.15) is 29.3 Å². The first-order chi connectivity index (χ1) is 13.1. The highest BCUT2D eigenvalue weighted by Crippen LogP contribution is 2.15. The number of aliphatic imine (C=N–C) groups is 1. The number of halogens is 2. The maximum Gasteiger partial charge on any atom is 0.272 e. The molecule has 1 aromatic carbocycles. The molecule has 2 rings (SSSR count). The van der Waals surface area contributed by atoms with Crippen molar-refractivity contribution < 1.29 is 13.5 Å². The predicted octanol–water partition coefficient (Wildman–Crippen LogP) is 3.65. The van der Waals surface area contributed by atoms with E-state index in [0.717, 1.165) is 36.5 Å². The standard InChI is InChI=1S/C19H26F2N4OS/c1-3-16-12-24-18(27-16)8-9-23-19(22-4-2)25-11-14-6-5-7-15(10-14)26-13-17(20)21/h5-7,10,12,17H,3-4,8-9,11,13H2,1-2H3,(H2,22,23,25). The molecule has 8 heteroatoms. The fourth-order valence-electron chi connectivity index (χ4n) is 2.32. The van der Waals surface area contributed by atoms with E-state index in [-0.39, 0.29) is 0 Å². The second-order valence-electron chi connectivity index (χ2n) is 5.80. The van der Waals surface area contributed by atoms with Crippen LogP contribution in [0.25, 0.3) is 0 Å². The SMILES string of the molecule is CCNC(=NCc1cccc(OCC(F)F)c1)NCCc1ncc(CC)s1. The van der Waals surface area contributed by atoms with Crippen LogP contribution >= 0.6 is 11.3 Å². The summed E-state index contributed by atoms with van der Waals surface area (Å²) in [5.74, 6) is 1.14. The number of aryl methyl sites for hydroxylation is 1. The molecule has 148 valence electrons. The van der Waals surface area contributed by atoms with Gasteiger partial charge in [-0.3, -0.25) is 0 Å². The van der Waals surface area contributed by atoms with Crippen molar-refractivity contribution in [3.63, 3.8) is 0 Å². The number of hydrogen-bond donors (Lipinski definition) is 2. The lowest BCUT2D eigenvalue weighted by molar-refractivity contribution is 0.0818. The number of nitrogens with zero attached hydrogens (tertiary/aromatic N) is 2. The first-order valence-corrected chi connectivity index (χ1v) is 9.88. The molecule has 0 saturated heterocycles. The summed E-state index contributed by atoms with van der Waals surface area (Å²) in [6.45, 7) is 5.44. The minimum atomic E-state index is -2.48. The van der Waals surface area contributed by atoms with Gasteiger partial charge in [-0.1, -0.05) is 19.1 Å². The molecule has 0 aliphatic rings. The minimum absolute atomic E-state index is 0.427. The van der Waals surface area contributed by atoms with Gasteiger partial charge in [-0.2, -0.15) is 0 Å². The molecule has 1 aromatic heterocycles. The van der Waals surface area contributed by atoms with Crippen LogP contribution in [-0.2, 0) is 19.4 Å². The van der Waals surface area contributed by atoms with Crippen LogP contribution in [0.15, 0.2) is 35.5 Å². The van der Waals surface area contributed by atoms with Crippen molar-refractivity contribution in [3.05, 3.63) is 45.9 Å². The second kappa shape index (κ2) is 11.5. The first kappa shape index (κ1) is 21.1. The molecule has 2 N–H and O–H groups in total. The van der Waals surface area contributed by atoms with Crippen LogP contribution in [0, 0.1) is 0 Å². The number of aromatic nitrogens is 1. The second-order valence-corrected chi connectivity index (χ2v) is 7.00. The number of nitrogens with one attached hydrogen (secondary N) is 2. The summed E-state index contributed by atoms with van der Waals surface area (Å²) in [6, 6.07) is 7.07. The van der Waals surface area contributed by atoms with Crippen molar-refractivity contribution in [2.45, 2.75) is 39.7 Å². The van der Waals surface area contributed by atoms with Crippen molar-refractivity contribution in [2.24, 2.45) is 4.99 Å². The van der Waals surface area contributed by atoms with Gasteiger partial charge in [-0.15, -0.1) is 11.3 Å². The van der Waals surface area contributed by atoms with Gasteiger partial charge < -0.3 is 15.4 Å². The Morgan fingerprint density at radius 1 is 1.30 bits per heavy atom. The Labute approximate surface area is 162 Å². The van der Waals surface area contributed by atoms with E-state index >= 15 is 0 Å². The number of alkyl halides is 2.